The van der Waals surface area contributed by atoms with Crippen LogP contribution in [-0.2, 0) is 6.54 Å². The van der Waals surface area contributed by atoms with Crippen LogP contribution in [0.15, 0.2) is 4.99 Å². The van der Waals surface area contributed by atoms with Crippen LogP contribution in [0.1, 0.15) is 41.8 Å². The van der Waals surface area contributed by atoms with E-state index in [1.807, 2.05) is 7.05 Å². The maximum Gasteiger partial charge on any atom is 0.191 e. The van der Waals surface area contributed by atoms with Gasteiger partial charge in [0.15, 0.2) is 5.96 Å². The Hall–Kier alpha value is -1.14. The molecule has 1 aliphatic heterocycles. The Bertz CT molecular complexity index is 477. The molecule has 0 saturated carbocycles. The first-order valence-corrected chi connectivity index (χ1v) is 9.03. The van der Waals surface area contributed by atoms with Gasteiger partial charge in [-0.25, -0.2) is 4.98 Å². The Morgan fingerprint density at radius 3 is 2.82 bits per heavy atom. The summed E-state index contributed by atoms with van der Waals surface area (Å²) < 4.78 is 0. The third-order valence-electron chi connectivity index (χ3n) is 4.34. The van der Waals surface area contributed by atoms with Crippen molar-refractivity contribution >= 4 is 17.3 Å². The predicted octanol–water partition coefficient (Wildman–Crippen LogP) is 2.30. The molecular formula is C16H29N5S. The topological polar surface area (TPSA) is 52.6 Å². The second-order valence-corrected chi connectivity index (χ2v) is 7.27. The van der Waals surface area contributed by atoms with Crippen LogP contribution in [0.25, 0.3) is 0 Å². The molecule has 0 amide bonds. The van der Waals surface area contributed by atoms with Gasteiger partial charge in [0.1, 0.15) is 5.01 Å². The number of nitrogens with zero attached hydrogens (tertiary/aromatic N) is 3. The molecule has 22 heavy (non-hydrogen) atoms. The molecular weight excluding hydrogens is 294 g/mol. The van der Waals surface area contributed by atoms with Crippen LogP contribution < -0.4 is 10.6 Å². The van der Waals surface area contributed by atoms with Gasteiger partial charge in [-0.05, 0) is 40.2 Å². The zero-order valence-electron chi connectivity index (χ0n) is 14.3. The fraction of sp³-hybridized carbons (Fsp3) is 0.750. The van der Waals surface area contributed by atoms with Crippen LogP contribution in [0.4, 0.5) is 0 Å². The second-order valence-electron chi connectivity index (χ2n) is 5.98. The monoisotopic (exact) mass is 323 g/mol. The van der Waals surface area contributed by atoms with E-state index in [1.165, 1.54) is 30.7 Å². The molecule has 124 valence electrons. The number of guanidine groups is 1. The zero-order valence-corrected chi connectivity index (χ0v) is 15.1. The predicted molar refractivity (Wildman–Crippen MR) is 94.7 cm³/mol. The fourth-order valence-electron chi connectivity index (χ4n) is 2.80. The van der Waals surface area contributed by atoms with Crippen molar-refractivity contribution < 1.29 is 0 Å². The quantitative estimate of drug-likeness (QED) is 0.645. The minimum atomic E-state index is 0.715. The maximum absolute atomic E-state index is 4.55. The molecule has 1 unspecified atom stereocenters. The minimum Gasteiger partial charge on any atom is -0.355 e. The maximum atomic E-state index is 4.55. The summed E-state index contributed by atoms with van der Waals surface area (Å²) in [6, 6.07) is 0.715. The molecule has 0 radical (unpaired) electrons. The molecule has 1 aromatic heterocycles. The third kappa shape index (κ3) is 4.95. The van der Waals surface area contributed by atoms with Crippen LogP contribution >= 0.6 is 11.3 Å². The van der Waals surface area contributed by atoms with Crippen LogP contribution in [0.3, 0.4) is 0 Å². The first-order valence-electron chi connectivity index (χ1n) is 8.21. The molecule has 6 heteroatoms. The number of hydrogen-bond donors (Lipinski definition) is 2. The minimum absolute atomic E-state index is 0.715. The third-order valence-corrected chi connectivity index (χ3v) is 5.41. The summed E-state index contributed by atoms with van der Waals surface area (Å²) in [5.41, 5.74) is 1.13. The smallest absolute Gasteiger partial charge is 0.191 e. The Morgan fingerprint density at radius 1 is 1.36 bits per heavy atom. The van der Waals surface area contributed by atoms with Crippen molar-refractivity contribution in [2.45, 2.75) is 52.6 Å². The number of aromatic nitrogens is 1. The van der Waals surface area contributed by atoms with Gasteiger partial charge in [0.05, 0.1) is 12.2 Å². The lowest BCUT2D eigenvalue weighted by Crippen LogP contribution is -2.45. The highest BCUT2D eigenvalue weighted by molar-refractivity contribution is 7.11. The molecule has 1 fully saturated rings. The first kappa shape index (κ1) is 17.2. The van der Waals surface area contributed by atoms with Crippen molar-refractivity contribution in [2.24, 2.45) is 4.99 Å². The van der Waals surface area contributed by atoms with Gasteiger partial charge in [0.25, 0.3) is 0 Å². The van der Waals surface area contributed by atoms with Crippen molar-refractivity contribution in [3.63, 3.8) is 0 Å². The largest absolute Gasteiger partial charge is 0.355 e. The van der Waals surface area contributed by atoms with E-state index in [0.717, 1.165) is 36.3 Å². The number of piperidine rings is 1. The van der Waals surface area contributed by atoms with Gasteiger partial charge in [-0.2, -0.15) is 0 Å². The molecule has 1 aromatic rings. The summed E-state index contributed by atoms with van der Waals surface area (Å²) in [7, 11) is 1.82. The Balaban J connectivity index is 1.71. The van der Waals surface area contributed by atoms with Gasteiger partial charge in [-0.3, -0.25) is 9.89 Å². The van der Waals surface area contributed by atoms with E-state index < -0.39 is 0 Å². The number of hydrogen-bond acceptors (Lipinski definition) is 4. The normalized spacial score (nSPS) is 20.2. The van der Waals surface area contributed by atoms with E-state index in [2.05, 4.69) is 46.3 Å². The fourth-order valence-corrected chi connectivity index (χ4v) is 3.68. The molecule has 0 bridgehead atoms. The van der Waals surface area contributed by atoms with Crippen molar-refractivity contribution in [1.29, 1.82) is 0 Å². The summed E-state index contributed by atoms with van der Waals surface area (Å²) in [6.07, 6.45) is 4.04. The molecule has 1 aliphatic rings. The van der Waals surface area contributed by atoms with Gasteiger partial charge in [0, 0.05) is 31.1 Å². The number of likely N-dealkylation sites (tertiary alicyclic amines) is 1. The molecule has 1 atom stereocenters. The van der Waals surface area contributed by atoms with Crippen LogP contribution in [0, 0.1) is 13.8 Å². The summed E-state index contributed by atoms with van der Waals surface area (Å²) >= 11 is 1.75. The van der Waals surface area contributed by atoms with Crippen LogP contribution in [0.5, 0.6) is 0 Å². The molecule has 0 aromatic carbocycles. The first-order chi connectivity index (χ1) is 10.6. The number of rotatable bonds is 5. The standard InChI is InChI=1S/C16H29N5S/c1-12-7-5-6-9-21(12)10-8-18-16(17-4)19-11-15-20-13(2)14(3)22-15/h12H,5-11H2,1-4H3,(H2,17,18,19). The van der Waals surface area contributed by atoms with E-state index >= 15 is 0 Å². The SMILES string of the molecule is CN=C(NCCN1CCCCC1C)NCc1nc(C)c(C)s1. The van der Waals surface area contributed by atoms with Gasteiger partial charge < -0.3 is 10.6 Å². The summed E-state index contributed by atoms with van der Waals surface area (Å²) in [4.78, 5) is 12.7. The molecule has 2 heterocycles. The lowest BCUT2D eigenvalue weighted by atomic mass is 10.0. The highest BCUT2D eigenvalue weighted by Gasteiger charge is 2.17. The molecule has 5 nitrogen and oxygen atoms in total. The van der Waals surface area contributed by atoms with Gasteiger partial charge in [-0.1, -0.05) is 6.42 Å². The molecule has 0 aliphatic carbocycles. The summed E-state index contributed by atoms with van der Waals surface area (Å²) in [5.74, 6) is 0.857. The lowest BCUT2D eigenvalue weighted by molar-refractivity contribution is 0.163. The Morgan fingerprint density at radius 2 is 2.18 bits per heavy atom. The lowest BCUT2D eigenvalue weighted by Gasteiger charge is -2.33. The van der Waals surface area contributed by atoms with E-state index in [9.17, 15) is 0 Å². The van der Waals surface area contributed by atoms with Gasteiger partial charge in [0.2, 0.25) is 0 Å². The molecule has 2 rings (SSSR count). The highest BCUT2D eigenvalue weighted by Crippen LogP contribution is 2.16. The summed E-state index contributed by atoms with van der Waals surface area (Å²) in [6.45, 7) is 10.5. The van der Waals surface area contributed by atoms with Crippen molar-refractivity contribution in [3.05, 3.63) is 15.6 Å². The van der Waals surface area contributed by atoms with Gasteiger partial charge >= 0.3 is 0 Å². The zero-order chi connectivity index (χ0) is 15.9. The van der Waals surface area contributed by atoms with E-state index in [-0.39, 0.29) is 0 Å². The number of nitrogens with one attached hydrogen (secondary N) is 2. The van der Waals surface area contributed by atoms with Crippen molar-refractivity contribution in [1.82, 2.24) is 20.5 Å². The highest BCUT2D eigenvalue weighted by atomic mass is 32.1. The van der Waals surface area contributed by atoms with E-state index in [4.69, 9.17) is 0 Å². The van der Waals surface area contributed by atoms with Gasteiger partial charge in [-0.15, -0.1) is 11.3 Å². The number of aliphatic imine (C=N–C) groups is 1. The number of aryl methyl sites for hydroxylation is 2. The van der Waals surface area contributed by atoms with Crippen LogP contribution in [0.2, 0.25) is 0 Å². The van der Waals surface area contributed by atoms with E-state index in [1.54, 1.807) is 11.3 Å². The van der Waals surface area contributed by atoms with Crippen molar-refractivity contribution in [3.8, 4) is 0 Å². The average Bonchev–Trinajstić information content (AvgIpc) is 2.83. The Kier molecular flexibility index (Phi) is 6.64. The molecule has 0 spiro atoms. The molecule has 2 N–H and O–H groups in total. The summed E-state index contributed by atoms with van der Waals surface area (Å²) in [5, 5.41) is 7.86. The second kappa shape index (κ2) is 8.48. The molecule has 1 saturated heterocycles. The average molecular weight is 324 g/mol. The van der Waals surface area contributed by atoms with Crippen molar-refractivity contribution in [2.75, 3.05) is 26.7 Å². The Labute approximate surface area is 138 Å². The van der Waals surface area contributed by atoms with E-state index in [0.29, 0.717) is 6.04 Å². The van der Waals surface area contributed by atoms with Crippen LogP contribution in [-0.4, -0.2) is 48.6 Å². The number of thiazole rings is 1.